The van der Waals surface area contributed by atoms with E-state index in [1.54, 1.807) is 0 Å². The normalized spacial score (nSPS) is 10.9. The molecule has 6 heteroatoms. The van der Waals surface area contributed by atoms with Crippen molar-refractivity contribution in [1.82, 2.24) is 4.90 Å². The fourth-order valence-electron chi connectivity index (χ4n) is 0.671. The number of hydrogen-bond donors (Lipinski definition) is 2. The Morgan fingerprint density at radius 3 is 1.33 bits per heavy atom. The lowest BCUT2D eigenvalue weighted by molar-refractivity contribution is 0.321. The lowest BCUT2D eigenvalue weighted by Crippen LogP contribution is -2.21. The van der Waals surface area contributed by atoms with Gasteiger partial charge >= 0.3 is 7.91 Å². The van der Waals surface area contributed by atoms with E-state index in [0.717, 1.165) is 0 Å². The average molecular weight is 201 g/mol. The van der Waals surface area contributed by atoms with Crippen molar-refractivity contribution in [3.05, 3.63) is 0 Å². The number of nitrogens with zero attached hydrogens (tertiary/aromatic N) is 1. The molecule has 0 aliphatic carbocycles. The van der Waals surface area contributed by atoms with Gasteiger partial charge < -0.3 is 4.90 Å². The number of rotatable bonds is 3. The number of halogens is 1. The van der Waals surface area contributed by atoms with Crippen LogP contribution in [0.15, 0.2) is 0 Å². The van der Waals surface area contributed by atoms with Crippen LogP contribution in [0.2, 0.25) is 0 Å². The summed E-state index contributed by atoms with van der Waals surface area (Å²) >= 11 is 0. The predicted molar refractivity (Wildman–Crippen MR) is 46.6 cm³/mol. The topological polar surface area (TPSA) is 60.8 Å². The fraction of sp³-hybridized carbons (Fsp3) is 1.00. The first-order valence-electron chi connectivity index (χ1n) is 3.82. The van der Waals surface area contributed by atoms with Crippen LogP contribution in [-0.4, -0.2) is 34.3 Å². The van der Waals surface area contributed by atoms with E-state index < -0.39 is 7.91 Å². The molecular weight excluding hydrogens is 184 g/mol. The molecule has 0 aromatic rings. The third kappa shape index (κ3) is 22.5. The minimum absolute atomic E-state index is 1.19. The summed E-state index contributed by atoms with van der Waals surface area (Å²) in [6.45, 7) is 10.1. The Bertz CT molecular complexity index is 121. The highest BCUT2D eigenvalue weighted by Gasteiger charge is 2.04. The summed E-state index contributed by atoms with van der Waals surface area (Å²) in [6.07, 6.45) is 0. The van der Waals surface area contributed by atoms with Gasteiger partial charge in [-0.25, -0.2) is 4.57 Å². The Balaban J connectivity index is 0. The van der Waals surface area contributed by atoms with Crippen molar-refractivity contribution < 1.29 is 18.5 Å². The lowest BCUT2D eigenvalue weighted by Gasteiger charge is -2.13. The Hall–Kier alpha value is 0.0400. The SMILES string of the molecule is CCN(CC)CC.O=P(O)(O)F. The summed E-state index contributed by atoms with van der Waals surface area (Å²) in [6, 6.07) is 0. The Labute approximate surface area is 72.7 Å². The molecule has 0 amide bonds. The van der Waals surface area contributed by atoms with Crippen LogP contribution in [0.25, 0.3) is 0 Å². The largest absolute Gasteiger partial charge is 0.507 e. The summed E-state index contributed by atoms with van der Waals surface area (Å²) in [5, 5.41) is 0. The van der Waals surface area contributed by atoms with Crippen LogP contribution in [0, 0.1) is 0 Å². The van der Waals surface area contributed by atoms with Crippen LogP contribution >= 0.6 is 7.91 Å². The molecule has 0 aromatic carbocycles. The van der Waals surface area contributed by atoms with Crippen LogP contribution in [-0.2, 0) is 4.57 Å². The van der Waals surface area contributed by atoms with Crippen LogP contribution in [0.3, 0.4) is 0 Å². The Kier molecular flexibility index (Phi) is 9.31. The van der Waals surface area contributed by atoms with Crippen molar-refractivity contribution in [2.75, 3.05) is 19.6 Å². The van der Waals surface area contributed by atoms with E-state index >= 15 is 0 Å². The van der Waals surface area contributed by atoms with Gasteiger partial charge in [0.1, 0.15) is 0 Å². The second-order valence-corrected chi connectivity index (χ2v) is 3.04. The van der Waals surface area contributed by atoms with E-state index in [9.17, 15) is 4.20 Å². The monoisotopic (exact) mass is 201 g/mol. The van der Waals surface area contributed by atoms with Gasteiger partial charge in [-0.15, -0.1) is 4.20 Å². The molecule has 0 fully saturated rings. The molecule has 0 aromatic heterocycles. The summed E-state index contributed by atoms with van der Waals surface area (Å²) in [5.41, 5.74) is 0. The van der Waals surface area contributed by atoms with E-state index in [-0.39, 0.29) is 0 Å². The van der Waals surface area contributed by atoms with E-state index in [2.05, 4.69) is 25.7 Å². The second-order valence-electron chi connectivity index (χ2n) is 2.09. The molecular formula is C6H17FNO3P. The van der Waals surface area contributed by atoms with E-state index in [4.69, 9.17) is 14.4 Å². The Morgan fingerprint density at radius 2 is 1.33 bits per heavy atom. The van der Waals surface area contributed by atoms with Gasteiger partial charge in [-0.05, 0) is 19.6 Å². The van der Waals surface area contributed by atoms with Gasteiger partial charge in [-0.3, -0.25) is 9.79 Å². The molecule has 0 aliphatic rings. The summed E-state index contributed by atoms with van der Waals surface area (Å²) in [5.74, 6) is 0. The predicted octanol–water partition coefficient (Wildman–Crippen LogP) is 1.40. The molecule has 0 rings (SSSR count). The molecule has 0 atom stereocenters. The maximum atomic E-state index is 10.4. The molecule has 0 saturated heterocycles. The molecule has 0 heterocycles. The zero-order valence-electron chi connectivity index (χ0n) is 7.70. The average Bonchev–Trinajstić information content (AvgIpc) is 1.88. The molecule has 0 bridgehead atoms. The molecule has 0 radical (unpaired) electrons. The van der Waals surface area contributed by atoms with Crippen LogP contribution in [0.1, 0.15) is 20.8 Å². The standard InChI is InChI=1S/C6H15N.FH2O3P/c1-4-7(5-2)6-3;1-5(2,3)4/h4-6H2,1-3H3;(H2,2,3,4). The molecule has 0 aliphatic heterocycles. The van der Waals surface area contributed by atoms with Gasteiger partial charge in [0.25, 0.3) is 0 Å². The minimum Gasteiger partial charge on any atom is -0.304 e. The summed E-state index contributed by atoms with van der Waals surface area (Å²) < 4.78 is 19.0. The Morgan fingerprint density at radius 1 is 1.17 bits per heavy atom. The second kappa shape index (κ2) is 7.68. The van der Waals surface area contributed by atoms with Crippen molar-refractivity contribution in [2.45, 2.75) is 20.8 Å². The molecule has 12 heavy (non-hydrogen) atoms. The zero-order chi connectivity index (χ0) is 10.2. The van der Waals surface area contributed by atoms with Gasteiger partial charge in [-0.1, -0.05) is 20.8 Å². The minimum atomic E-state index is -5.14. The maximum absolute atomic E-state index is 10.4. The summed E-state index contributed by atoms with van der Waals surface area (Å²) in [4.78, 5) is 16.3. The maximum Gasteiger partial charge on any atom is 0.507 e. The van der Waals surface area contributed by atoms with Crippen molar-refractivity contribution >= 4 is 7.91 Å². The van der Waals surface area contributed by atoms with Crippen molar-refractivity contribution in [2.24, 2.45) is 0 Å². The first kappa shape index (κ1) is 14.6. The highest BCUT2D eigenvalue weighted by Crippen LogP contribution is 2.34. The van der Waals surface area contributed by atoms with E-state index in [1.165, 1.54) is 19.6 Å². The number of hydrogen-bond acceptors (Lipinski definition) is 2. The first-order chi connectivity index (χ1) is 5.35. The first-order valence-corrected chi connectivity index (χ1v) is 5.32. The lowest BCUT2D eigenvalue weighted by atomic mass is 10.5. The third-order valence-electron chi connectivity index (χ3n) is 1.34. The highest BCUT2D eigenvalue weighted by molar-refractivity contribution is 7.45. The third-order valence-corrected chi connectivity index (χ3v) is 1.34. The van der Waals surface area contributed by atoms with Gasteiger partial charge in [0, 0.05) is 0 Å². The van der Waals surface area contributed by atoms with E-state index in [0.29, 0.717) is 0 Å². The fourth-order valence-corrected chi connectivity index (χ4v) is 0.671. The van der Waals surface area contributed by atoms with Gasteiger partial charge in [0.05, 0.1) is 0 Å². The van der Waals surface area contributed by atoms with Crippen LogP contribution in [0.4, 0.5) is 4.20 Å². The van der Waals surface area contributed by atoms with Crippen LogP contribution < -0.4 is 0 Å². The molecule has 0 spiro atoms. The zero-order valence-corrected chi connectivity index (χ0v) is 8.59. The summed E-state index contributed by atoms with van der Waals surface area (Å²) in [7, 11) is -5.14. The molecule has 0 unspecified atom stereocenters. The molecule has 0 saturated carbocycles. The molecule has 4 nitrogen and oxygen atoms in total. The molecule has 2 N–H and O–H groups in total. The molecule has 76 valence electrons. The smallest absolute Gasteiger partial charge is 0.304 e. The highest BCUT2D eigenvalue weighted by atomic mass is 31.2. The van der Waals surface area contributed by atoms with Gasteiger partial charge in [0.2, 0.25) is 0 Å². The van der Waals surface area contributed by atoms with Gasteiger partial charge in [0.15, 0.2) is 0 Å². The van der Waals surface area contributed by atoms with E-state index in [1.807, 2.05) is 0 Å². The van der Waals surface area contributed by atoms with Crippen molar-refractivity contribution in [3.8, 4) is 0 Å². The van der Waals surface area contributed by atoms with Gasteiger partial charge in [-0.2, -0.15) is 0 Å². The quantitative estimate of drug-likeness (QED) is 0.677. The van der Waals surface area contributed by atoms with Crippen molar-refractivity contribution in [3.63, 3.8) is 0 Å². The van der Waals surface area contributed by atoms with Crippen LogP contribution in [0.5, 0.6) is 0 Å². The van der Waals surface area contributed by atoms with Crippen molar-refractivity contribution in [1.29, 1.82) is 0 Å².